The quantitative estimate of drug-likeness (QED) is 0.904. The van der Waals surface area contributed by atoms with E-state index in [1.54, 1.807) is 0 Å². The summed E-state index contributed by atoms with van der Waals surface area (Å²) in [7, 11) is 1.88. The van der Waals surface area contributed by atoms with Gasteiger partial charge in [0.2, 0.25) is 5.91 Å². The fourth-order valence-corrected chi connectivity index (χ4v) is 2.92. The van der Waals surface area contributed by atoms with E-state index in [-0.39, 0.29) is 11.3 Å². The van der Waals surface area contributed by atoms with Crippen LogP contribution in [-0.2, 0) is 16.6 Å². The number of rotatable bonds is 3. The number of aryl methyl sites for hydroxylation is 1. The smallest absolute Gasteiger partial charge is 0.223 e. The van der Waals surface area contributed by atoms with Crippen LogP contribution >= 0.6 is 0 Å². The van der Waals surface area contributed by atoms with Crippen molar-refractivity contribution in [3.05, 3.63) is 35.4 Å². The lowest BCUT2D eigenvalue weighted by Crippen LogP contribution is -2.38. The molecule has 0 radical (unpaired) electrons. The molecule has 0 saturated carbocycles. The Morgan fingerprint density at radius 1 is 1.32 bits per heavy atom. The van der Waals surface area contributed by atoms with E-state index >= 15 is 0 Å². The second-order valence-corrected chi connectivity index (χ2v) is 5.63. The van der Waals surface area contributed by atoms with Gasteiger partial charge in [0, 0.05) is 32.0 Å². The third kappa shape index (κ3) is 2.81. The highest BCUT2D eigenvalue weighted by Gasteiger charge is 2.36. The second-order valence-electron chi connectivity index (χ2n) is 5.63. The van der Waals surface area contributed by atoms with Crippen LogP contribution in [0.3, 0.4) is 0 Å². The summed E-state index contributed by atoms with van der Waals surface area (Å²) in [6.07, 6.45) is 3.59. The number of nitrogens with zero attached hydrogens (tertiary/aromatic N) is 1. The third-order valence-electron chi connectivity index (χ3n) is 4.43. The average Bonchev–Trinajstić information content (AvgIpc) is 2.59. The van der Waals surface area contributed by atoms with Crippen LogP contribution in [0.5, 0.6) is 0 Å². The van der Waals surface area contributed by atoms with Gasteiger partial charge >= 0.3 is 0 Å². The van der Waals surface area contributed by atoms with Gasteiger partial charge in [0.05, 0.1) is 0 Å². The molecule has 0 aromatic heterocycles. The number of carbonyl (C=O) groups excluding carboxylic acids is 1. The van der Waals surface area contributed by atoms with Gasteiger partial charge < -0.3 is 10.6 Å². The highest BCUT2D eigenvalue weighted by atomic mass is 16.2. The summed E-state index contributed by atoms with van der Waals surface area (Å²) in [5.74, 6) is 0.211. The van der Waals surface area contributed by atoms with Gasteiger partial charge in [-0.05, 0) is 30.4 Å². The van der Waals surface area contributed by atoms with Gasteiger partial charge in [-0.1, -0.05) is 31.2 Å². The molecule has 3 nitrogen and oxygen atoms in total. The molecule has 1 aliphatic rings. The Balaban J connectivity index is 2.32. The highest BCUT2D eigenvalue weighted by molar-refractivity contribution is 5.78. The summed E-state index contributed by atoms with van der Waals surface area (Å²) < 4.78 is 0. The van der Waals surface area contributed by atoms with E-state index in [1.165, 1.54) is 11.1 Å². The van der Waals surface area contributed by atoms with Crippen LogP contribution in [-0.4, -0.2) is 30.9 Å². The summed E-state index contributed by atoms with van der Waals surface area (Å²) in [5, 5.41) is 0. The van der Waals surface area contributed by atoms with Crippen LogP contribution in [0.25, 0.3) is 0 Å². The van der Waals surface area contributed by atoms with Crippen LogP contribution in [0.15, 0.2) is 24.3 Å². The second kappa shape index (κ2) is 5.74. The zero-order valence-electron chi connectivity index (χ0n) is 12.0. The molecule has 2 N–H and O–H groups in total. The molecule has 1 fully saturated rings. The molecule has 104 valence electrons. The first-order valence-electron chi connectivity index (χ1n) is 7.15. The molecular formula is C16H24N2O. The lowest BCUT2D eigenvalue weighted by Gasteiger charge is -2.31. The van der Waals surface area contributed by atoms with Crippen molar-refractivity contribution in [2.75, 3.05) is 20.1 Å². The molecule has 1 heterocycles. The maximum absolute atomic E-state index is 12.2. The van der Waals surface area contributed by atoms with Crippen LogP contribution in [0, 0.1) is 0 Å². The zero-order valence-corrected chi connectivity index (χ0v) is 12.0. The first kappa shape index (κ1) is 14.1. The van der Waals surface area contributed by atoms with Crippen LogP contribution in [0.1, 0.15) is 37.3 Å². The maximum Gasteiger partial charge on any atom is 0.223 e. The van der Waals surface area contributed by atoms with Gasteiger partial charge in [-0.15, -0.1) is 0 Å². The predicted molar refractivity (Wildman–Crippen MR) is 78.0 cm³/mol. The van der Waals surface area contributed by atoms with Gasteiger partial charge in [0.15, 0.2) is 0 Å². The predicted octanol–water partition coefficient (Wildman–Crippen LogP) is 2.09. The minimum Gasteiger partial charge on any atom is -0.346 e. The van der Waals surface area contributed by atoms with Crippen molar-refractivity contribution in [2.45, 2.75) is 38.0 Å². The number of hydrogen-bond donors (Lipinski definition) is 1. The molecular weight excluding hydrogens is 236 g/mol. The van der Waals surface area contributed by atoms with Crippen LogP contribution in [0.2, 0.25) is 0 Å². The molecule has 19 heavy (non-hydrogen) atoms. The molecule has 1 unspecified atom stereocenters. The zero-order chi connectivity index (χ0) is 13.9. The Morgan fingerprint density at radius 2 is 2.00 bits per heavy atom. The molecule has 0 aliphatic carbocycles. The largest absolute Gasteiger partial charge is 0.346 e. The van der Waals surface area contributed by atoms with Gasteiger partial charge in [0.1, 0.15) is 0 Å². The third-order valence-corrected chi connectivity index (χ3v) is 4.43. The lowest BCUT2D eigenvalue weighted by atomic mass is 9.74. The van der Waals surface area contributed by atoms with Crippen molar-refractivity contribution in [2.24, 2.45) is 5.73 Å². The molecule has 2 rings (SSSR count). The van der Waals surface area contributed by atoms with E-state index in [0.717, 1.165) is 25.8 Å². The van der Waals surface area contributed by atoms with Crippen molar-refractivity contribution in [1.82, 2.24) is 4.90 Å². The van der Waals surface area contributed by atoms with Crippen molar-refractivity contribution in [3.8, 4) is 0 Å². The molecule has 1 saturated heterocycles. The number of nitrogens with two attached hydrogens (primary N) is 1. The fourth-order valence-electron chi connectivity index (χ4n) is 2.92. The first-order chi connectivity index (χ1) is 9.11. The summed E-state index contributed by atoms with van der Waals surface area (Å²) in [5.41, 5.74) is 8.42. The minimum absolute atomic E-state index is 0.173. The van der Waals surface area contributed by atoms with E-state index < -0.39 is 0 Å². The molecule has 0 spiro atoms. The topological polar surface area (TPSA) is 46.3 Å². The Hall–Kier alpha value is -1.35. The van der Waals surface area contributed by atoms with Crippen LogP contribution in [0.4, 0.5) is 0 Å². The van der Waals surface area contributed by atoms with Gasteiger partial charge in [-0.25, -0.2) is 0 Å². The molecule has 1 aromatic rings. The normalized spacial score (nSPS) is 24.4. The average molecular weight is 260 g/mol. The minimum atomic E-state index is -0.173. The number of carbonyl (C=O) groups is 1. The monoisotopic (exact) mass is 260 g/mol. The molecule has 0 bridgehead atoms. The van der Waals surface area contributed by atoms with E-state index in [4.69, 9.17) is 5.73 Å². The van der Waals surface area contributed by atoms with E-state index in [9.17, 15) is 4.79 Å². The van der Waals surface area contributed by atoms with Crippen molar-refractivity contribution in [1.29, 1.82) is 0 Å². The van der Waals surface area contributed by atoms with Crippen molar-refractivity contribution >= 4 is 5.91 Å². The molecule has 1 aromatic carbocycles. The Bertz CT molecular complexity index is 441. The number of hydrogen-bond acceptors (Lipinski definition) is 2. The number of likely N-dealkylation sites (tertiary alicyclic amines) is 1. The summed E-state index contributed by atoms with van der Waals surface area (Å²) in [6, 6.07) is 8.63. The summed E-state index contributed by atoms with van der Waals surface area (Å²) in [4.78, 5) is 14.0. The Labute approximate surface area is 115 Å². The molecule has 1 aliphatic heterocycles. The van der Waals surface area contributed by atoms with E-state index in [2.05, 4.69) is 31.2 Å². The SMILES string of the molecule is CCc1ccc(C2(CN)CCCN(C)C(=O)C2)cc1. The van der Waals surface area contributed by atoms with Crippen LogP contribution < -0.4 is 5.73 Å². The molecule has 3 heteroatoms. The van der Waals surface area contributed by atoms with E-state index in [0.29, 0.717) is 13.0 Å². The lowest BCUT2D eigenvalue weighted by molar-refractivity contribution is -0.130. The molecule has 1 amide bonds. The summed E-state index contributed by atoms with van der Waals surface area (Å²) >= 11 is 0. The first-order valence-corrected chi connectivity index (χ1v) is 7.15. The fraction of sp³-hybridized carbons (Fsp3) is 0.562. The highest BCUT2D eigenvalue weighted by Crippen LogP contribution is 2.35. The molecule has 1 atom stereocenters. The number of amides is 1. The van der Waals surface area contributed by atoms with Gasteiger partial charge in [-0.2, -0.15) is 0 Å². The Morgan fingerprint density at radius 3 is 2.58 bits per heavy atom. The van der Waals surface area contributed by atoms with Gasteiger partial charge in [-0.3, -0.25) is 4.79 Å². The number of benzene rings is 1. The standard InChI is InChI=1S/C16H24N2O/c1-3-13-5-7-14(8-6-13)16(12-17)9-4-10-18(2)15(19)11-16/h5-8H,3-4,9-12,17H2,1-2H3. The van der Waals surface area contributed by atoms with Gasteiger partial charge in [0.25, 0.3) is 0 Å². The van der Waals surface area contributed by atoms with E-state index in [1.807, 2.05) is 11.9 Å². The van der Waals surface area contributed by atoms with Crippen molar-refractivity contribution < 1.29 is 4.79 Å². The van der Waals surface area contributed by atoms with Crippen molar-refractivity contribution in [3.63, 3.8) is 0 Å². The Kier molecular flexibility index (Phi) is 4.25. The summed E-state index contributed by atoms with van der Waals surface area (Å²) in [6.45, 7) is 3.53. The maximum atomic E-state index is 12.2.